The van der Waals surface area contributed by atoms with Crippen LogP contribution in [0, 0.1) is 0 Å². The van der Waals surface area contributed by atoms with Crippen molar-refractivity contribution in [1.82, 2.24) is 5.32 Å². The fourth-order valence-corrected chi connectivity index (χ4v) is 2.87. The van der Waals surface area contributed by atoms with Gasteiger partial charge in [-0.25, -0.2) is 8.42 Å². The van der Waals surface area contributed by atoms with Crippen LogP contribution in [0.3, 0.4) is 0 Å². The highest BCUT2D eigenvalue weighted by Crippen LogP contribution is 2.14. The van der Waals surface area contributed by atoms with Crippen molar-refractivity contribution in [2.75, 3.05) is 26.0 Å². The average Bonchev–Trinajstić information content (AvgIpc) is 2.14. The van der Waals surface area contributed by atoms with Gasteiger partial charge in [0, 0.05) is 18.9 Å². The molecule has 0 aromatic rings. The summed E-state index contributed by atoms with van der Waals surface area (Å²) in [5.74, 6) is 0. The molecular weight excluding hydrogens is 202 g/mol. The van der Waals surface area contributed by atoms with E-state index in [0.29, 0.717) is 13.2 Å². The van der Waals surface area contributed by atoms with E-state index in [-0.39, 0.29) is 11.3 Å². The lowest BCUT2D eigenvalue weighted by molar-refractivity contribution is 0.0810. The highest BCUT2D eigenvalue weighted by Gasteiger charge is 2.32. The molecule has 84 valence electrons. The van der Waals surface area contributed by atoms with Crippen molar-refractivity contribution in [3.63, 3.8) is 0 Å². The predicted octanol–water partition coefficient (Wildman–Crippen LogP) is 0.188. The zero-order valence-corrected chi connectivity index (χ0v) is 9.64. The SMILES string of the molecule is CCCNC1CCOCC1S(C)(=O)=O. The predicted molar refractivity (Wildman–Crippen MR) is 56.1 cm³/mol. The zero-order valence-electron chi connectivity index (χ0n) is 8.82. The van der Waals surface area contributed by atoms with Crippen LogP contribution in [0.2, 0.25) is 0 Å². The van der Waals surface area contributed by atoms with Crippen molar-refractivity contribution in [3.8, 4) is 0 Å². The quantitative estimate of drug-likeness (QED) is 0.736. The largest absolute Gasteiger partial charge is 0.380 e. The highest BCUT2D eigenvalue weighted by atomic mass is 32.2. The van der Waals surface area contributed by atoms with Crippen LogP contribution in [0.4, 0.5) is 0 Å². The van der Waals surface area contributed by atoms with E-state index in [2.05, 4.69) is 12.2 Å². The number of hydrogen-bond donors (Lipinski definition) is 1. The highest BCUT2D eigenvalue weighted by molar-refractivity contribution is 7.91. The Hall–Kier alpha value is -0.130. The summed E-state index contributed by atoms with van der Waals surface area (Å²) >= 11 is 0. The lowest BCUT2D eigenvalue weighted by atomic mass is 10.1. The summed E-state index contributed by atoms with van der Waals surface area (Å²) in [6.07, 6.45) is 3.10. The second-order valence-electron chi connectivity index (χ2n) is 3.79. The first-order valence-electron chi connectivity index (χ1n) is 5.05. The standard InChI is InChI=1S/C9H19NO3S/c1-3-5-10-8-4-6-13-7-9(8)14(2,11)12/h8-10H,3-7H2,1-2H3. The number of ether oxygens (including phenoxy) is 1. The van der Waals surface area contributed by atoms with Crippen LogP contribution < -0.4 is 5.32 Å². The Morgan fingerprint density at radius 2 is 2.21 bits per heavy atom. The summed E-state index contributed by atoms with van der Waals surface area (Å²) in [6, 6.07) is 0.0682. The molecule has 0 aromatic carbocycles. The van der Waals surface area contributed by atoms with Crippen LogP contribution in [0.25, 0.3) is 0 Å². The topological polar surface area (TPSA) is 55.4 Å². The molecule has 1 aliphatic rings. The Labute approximate surface area is 85.9 Å². The third kappa shape index (κ3) is 3.22. The van der Waals surface area contributed by atoms with Gasteiger partial charge in [0.1, 0.15) is 0 Å². The van der Waals surface area contributed by atoms with E-state index < -0.39 is 9.84 Å². The summed E-state index contributed by atoms with van der Waals surface area (Å²) in [7, 11) is -2.99. The lowest BCUT2D eigenvalue weighted by Gasteiger charge is -2.30. The van der Waals surface area contributed by atoms with Crippen molar-refractivity contribution < 1.29 is 13.2 Å². The van der Waals surface area contributed by atoms with Gasteiger partial charge in [-0.3, -0.25) is 0 Å². The van der Waals surface area contributed by atoms with Gasteiger partial charge in [0.15, 0.2) is 9.84 Å². The average molecular weight is 221 g/mol. The molecule has 14 heavy (non-hydrogen) atoms. The van der Waals surface area contributed by atoms with Gasteiger partial charge in [0.25, 0.3) is 0 Å². The molecule has 1 fully saturated rings. The summed E-state index contributed by atoms with van der Waals surface area (Å²) in [4.78, 5) is 0. The fraction of sp³-hybridized carbons (Fsp3) is 1.00. The van der Waals surface area contributed by atoms with Gasteiger partial charge < -0.3 is 10.1 Å². The van der Waals surface area contributed by atoms with Crippen LogP contribution in [-0.2, 0) is 14.6 Å². The van der Waals surface area contributed by atoms with Gasteiger partial charge in [0.05, 0.1) is 11.9 Å². The molecule has 0 radical (unpaired) electrons. The molecule has 4 nitrogen and oxygen atoms in total. The van der Waals surface area contributed by atoms with Crippen molar-refractivity contribution in [1.29, 1.82) is 0 Å². The molecule has 1 saturated heterocycles. The number of rotatable bonds is 4. The first kappa shape index (κ1) is 11.9. The molecule has 2 unspecified atom stereocenters. The van der Waals surface area contributed by atoms with Crippen LogP contribution >= 0.6 is 0 Å². The summed E-state index contributed by atoms with van der Waals surface area (Å²) < 4.78 is 28.1. The number of sulfone groups is 1. The Bertz CT molecular complexity index is 263. The Balaban J connectivity index is 2.60. The van der Waals surface area contributed by atoms with Crippen LogP contribution in [0.1, 0.15) is 19.8 Å². The van der Waals surface area contributed by atoms with Crippen LogP contribution in [0.5, 0.6) is 0 Å². The van der Waals surface area contributed by atoms with Gasteiger partial charge in [-0.2, -0.15) is 0 Å². The molecule has 5 heteroatoms. The maximum Gasteiger partial charge on any atom is 0.154 e. The second kappa shape index (κ2) is 5.09. The third-order valence-electron chi connectivity index (χ3n) is 2.51. The fourth-order valence-electron chi connectivity index (χ4n) is 1.70. The molecule has 1 N–H and O–H groups in total. The number of nitrogens with one attached hydrogen (secondary N) is 1. The van der Waals surface area contributed by atoms with E-state index in [1.54, 1.807) is 0 Å². The minimum Gasteiger partial charge on any atom is -0.380 e. The molecule has 2 atom stereocenters. The Morgan fingerprint density at radius 3 is 2.79 bits per heavy atom. The zero-order chi connectivity index (χ0) is 10.6. The first-order chi connectivity index (χ1) is 6.55. The van der Waals surface area contributed by atoms with E-state index in [4.69, 9.17) is 4.74 Å². The van der Waals surface area contributed by atoms with E-state index in [1.165, 1.54) is 6.26 Å². The van der Waals surface area contributed by atoms with Gasteiger partial charge in [0.2, 0.25) is 0 Å². The van der Waals surface area contributed by atoms with Gasteiger partial charge >= 0.3 is 0 Å². The monoisotopic (exact) mass is 221 g/mol. The van der Waals surface area contributed by atoms with Crippen molar-refractivity contribution in [2.24, 2.45) is 0 Å². The molecule has 0 saturated carbocycles. The van der Waals surface area contributed by atoms with Crippen molar-refractivity contribution >= 4 is 9.84 Å². The Morgan fingerprint density at radius 1 is 1.50 bits per heavy atom. The van der Waals surface area contributed by atoms with E-state index >= 15 is 0 Å². The summed E-state index contributed by atoms with van der Waals surface area (Å²) in [6.45, 7) is 3.94. The normalized spacial score (nSPS) is 29.0. The minimum absolute atomic E-state index is 0.0682. The Kier molecular flexibility index (Phi) is 4.34. The van der Waals surface area contributed by atoms with Gasteiger partial charge in [-0.1, -0.05) is 6.92 Å². The third-order valence-corrected chi connectivity index (χ3v) is 4.08. The lowest BCUT2D eigenvalue weighted by Crippen LogP contribution is -2.50. The molecular formula is C9H19NO3S. The molecule has 0 amide bonds. The molecule has 0 aliphatic carbocycles. The smallest absolute Gasteiger partial charge is 0.154 e. The molecule has 0 bridgehead atoms. The van der Waals surface area contributed by atoms with E-state index in [9.17, 15) is 8.42 Å². The molecule has 0 spiro atoms. The van der Waals surface area contributed by atoms with Gasteiger partial charge in [-0.05, 0) is 19.4 Å². The molecule has 0 aromatic heterocycles. The first-order valence-corrected chi connectivity index (χ1v) is 7.01. The van der Waals surface area contributed by atoms with E-state index in [1.807, 2.05) is 0 Å². The van der Waals surface area contributed by atoms with E-state index in [0.717, 1.165) is 19.4 Å². The maximum atomic E-state index is 11.4. The maximum absolute atomic E-state index is 11.4. The summed E-state index contributed by atoms with van der Waals surface area (Å²) in [5.41, 5.74) is 0. The van der Waals surface area contributed by atoms with Crippen LogP contribution in [0.15, 0.2) is 0 Å². The summed E-state index contributed by atoms with van der Waals surface area (Å²) in [5, 5.41) is 2.90. The minimum atomic E-state index is -2.99. The molecule has 1 heterocycles. The number of hydrogen-bond acceptors (Lipinski definition) is 4. The molecule has 1 aliphatic heterocycles. The molecule has 1 rings (SSSR count). The van der Waals surface area contributed by atoms with Gasteiger partial charge in [-0.15, -0.1) is 0 Å². The van der Waals surface area contributed by atoms with Crippen LogP contribution in [-0.4, -0.2) is 45.7 Å². The second-order valence-corrected chi connectivity index (χ2v) is 6.06. The van der Waals surface area contributed by atoms with Crippen molar-refractivity contribution in [3.05, 3.63) is 0 Å². The van der Waals surface area contributed by atoms with Crippen molar-refractivity contribution in [2.45, 2.75) is 31.1 Å².